The first kappa shape index (κ1) is 18.5. The van der Waals surface area contributed by atoms with Crippen LogP contribution in [-0.4, -0.2) is 34.6 Å². The van der Waals surface area contributed by atoms with Crippen LogP contribution in [0, 0.1) is 5.82 Å². The van der Waals surface area contributed by atoms with Crippen LogP contribution in [0.15, 0.2) is 47.4 Å². The predicted molar refractivity (Wildman–Crippen MR) is 93.8 cm³/mol. The van der Waals surface area contributed by atoms with Gasteiger partial charge in [0.1, 0.15) is 5.82 Å². The zero-order valence-corrected chi connectivity index (χ0v) is 15.0. The van der Waals surface area contributed by atoms with Gasteiger partial charge < -0.3 is 10.1 Å². The maximum atomic E-state index is 13.4. The summed E-state index contributed by atoms with van der Waals surface area (Å²) in [7, 11) is -2.91. The number of benzene rings is 2. The lowest BCUT2D eigenvalue weighted by Gasteiger charge is -2.27. The molecule has 0 spiro atoms. The van der Waals surface area contributed by atoms with Gasteiger partial charge in [0.05, 0.1) is 17.6 Å². The molecule has 6 nitrogen and oxygen atoms in total. The number of methoxy groups -OCH3 is 1. The van der Waals surface area contributed by atoms with E-state index in [2.05, 4.69) is 14.8 Å². The molecular weight excluding hydrogens is 359 g/mol. The van der Waals surface area contributed by atoms with E-state index in [-0.39, 0.29) is 23.0 Å². The van der Waals surface area contributed by atoms with Gasteiger partial charge in [0.2, 0.25) is 10.0 Å². The summed E-state index contributed by atoms with van der Waals surface area (Å²) in [6.07, 6.45) is 0.879. The van der Waals surface area contributed by atoms with Crippen molar-refractivity contribution in [2.45, 2.75) is 17.4 Å². The summed E-state index contributed by atoms with van der Waals surface area (Å²) in [5, 5.41) is 3.28. The number of hydrogen-bond acceptors (Lipinski definition) is 5. The van der Waals surface area contributed by atoms with Gasteiger partial charge in [-0.05, 0) is 42.3 Å². The van der Waals surface area contributed by atoms with Gasteiger partial charge >= 0.3 is 5.97 Å². The Morgan fingerprint density at radius 2 is 2.08 bits per heavy atom. The van der Waals surface area contributed by atoms with Gasteiger partial charge in [0.25, 0.3) is 0 Å². The fourth-order valence-electron chi connectivity index (χ4n) is 3.05. The first-order chi connectivity index (χ1) is 12.4. The summed E-state index contributed by atoms with van der Waals surface area (Å²) in [5.41, 5.74) is 1.87. The Morgan fingerprint density at radius 1 is 1.31 bits per heavy atom. The monoisotopic (exact) mass is 378 g/mol. The number of carbonyl (C=O) groups excluding carboxylic acids is 1. The minimum absolute atomic E-state index is 0.108. The van der Waals surface area contributed by atoms with Gasteiger partial charge in [-0.3, -0.25) is 0 Å². The smallest absolute Gasteiger partial charge is 0.339 e. The molecule has 0 aromatic heterocycles. The molecular formula is C18H19FN2O4S. The van der Waals surface area contributed by atoms with Crippen molar-refractivity contribution in [1.82, 2.24) is 10.0 Å². The molecule has 0 fully saturated rings. The van der Waals surface area contributed by atoms with Crippen molar-refractivity contribution in [2.75, 3.05) is 20.2 Å². The highest BCUT2D eigenvalue weighted by Crippen LogP contribution is 2.23. The number of carbonyl (C=O) groups is 1. The summed E-state index contributed by atoms with van der Waals surface area (Å²) >= 11 is 0. The molecule has 3 rings (SSSR count). The largest absolute Gasteiger partial charge is 0.465 e. The van der Waals surface area contributed by atoms with E-state index < -0.39 is 21.8 Å². The zero-order valence-electron chi connectivity index (χ0n) is 14.2. The second kappa shape index (κ2) is 7.53. The molecule has 1 atom stereocenters. The van der Waals surface area contributed by atoms with Gasteiger partial charge in [-0.15, -0.1) is 0 Å². The van der Waals surface area contributed by atoms with E-state index in [1.807, 2.05) is 24.3 Å². The van der Waals surface area contributed by atoms with Crippen LogP contribution >= 0.6 is 0 Å². The zero-order chi connectivity index (χ0) is 18.7. The summed E-state index contributed by atoms with van der Waals surface area (Å²) < 4.78 is 45.8. The highest BCUT2D eigenvalue weighted by atomic mass is 32.2. The Hall–Kier alpha value is -2.29. The van der Waals surface area contributed by atoms with Crippen LogP contribution in [0.4, 0.5) is 4.39 Å². The van der Waals surface area contributed by atoms with Crippen LogP contribution in [0.5, 0.6) is 0 Å². The van der Waals surface area contributed by atoms with Crippen molar-refractivity contribution >= 4 is 16.0 Å². The van der Waals surface area contributed by atoms with Crippen LogP contribution in [0.25, 0.3) is 0 Å². The summed E-state index contributed by atoms with van der Waals surface area (Å²) in [5.74, 6) is -1.63. The van der Waals surface area contributed by atoms with Crippen LogP contribution < -0.4 is 10.0 Å². The molecule has 0 bridgehead atoms. The van der Waals surface area contributed by atoms with E-state index in [1.54, 1.807) is 0 Å². The topological polar surface area (TPSA) is 84.5 Å². The van der Waals surface area contributed by atoms with Crippen molar-refractivity contribution in [3.63, 3.8) is 0 Å². The summed E-state index contributed by atoms with van der Waals surface area (Å²) in [6.45, 7) is 0.852. The molecule has 0 aliphatic carbocycles. The van der Waals surface area contributed by atoms with Crippen molar-refractivity contribution in [3.8, 4) is 0 Å². The van der Waals surface area contributed by atoms with Crippen molar-refractivity contribution < 1.29 is 22.3 Å². The van der Waals surface area contributed by atoms with E-state index in [1.165, 1.54) is 5.56 Å². The molecule has 1 aliphatic heterocycles. The van der Waals surface area contributed by atoms with Gasteiger partial charge in [0, 0.05) is 12.6 Å². The molecule has 0 amide bonds. The Bertz CT molecular complexity index is 931. The van der Waals surface area contributed by atoms with Gasteiger partial charge in [-0.2, -0.15) is 0 Å². The molecule has 2 aromatic carbocycles. The second-order valence-corrected chi connectivity index (χ2v) is 7.67. The third-order valence-electron chi connectivity index (χ3n) is 4.33. The fraction of sp³-hybridized carbons (Fsp3) is 0.278. The lowest BCUT2D eigenvalue weighted by molar-refractivity contribution is 0.0595. The number of fused-ring (bicyclic) bond motifs is 1. The molecule has 1 aliphatic rings. The third kappa shape index (κ3) is 3.77. The van der Waals surface area contributed by atoms with Crippen LogP contribution in [-0.2, 0) is 21.2 Å². The average molecular weight is 378 g/mol. The molecule has 0 saturated heterocycles. The molecule has 8 heteroatoms. The lowest BCUT2D eigenvalue weighted by atomic mass is 9.95. The average Bonchev–Trinajstić information content (AvgIpc) is 2.65. The second-order valence-electron chi connectivity index (χ2n) is 5.94. The van der Waals surface area contributed by atoms with Crippen LogP contribution in [0.1, 0.15) is 27.5 Å². The molecule has 0 saturated carbocycles. The normalized spacial score (nSPS) is 16.8. The number of ether oxygens (including phenoxy) is 1. The maximum Gasteiger partial charge on any atom is 0.339 e. The minimum atomic E-state index is -4.02. The Morgan fingerprint density at radius 3 is 2.85 bits per heavy atom. The Balaban J connectivity index is 1.84. The summed E-state index contributed by atoms with van der Waals surface area (Å²) in [4.78, 5) is 11.5. The van der Waals surface area contributed by atoms with Crippen molar-refractivity contribution in [2.24, 2.45) is 0 Å². The predicted octanol–water partition coefficient (Wildman–Crippen LogP) is 1.78. The summed E-state index contributed by atoms with van der Waals surface area (Å²) in [6, 6.07) is 10.6. The maximum absolute atomic E-state index is 13.4. The molecule has 26 heavy (non-hydrogen) atoms. The molecule has 138 valence electrons. The third-order valence-corrected chi connectivity index (χ3v) is 5.81. The minimum Gasteiger partial charge on any atom is -0.465 e. The standard InChI is InChI=1S/C18H19FN2O4S/c1-25-18(22)15-10-13(19)6-7-17(15)26(23,24)21-11-16-14-5-3-2-4-12(14)8-9-20-16/h2-7,10,16,20-21H,8-9,11H2,1H3. The van der Waals surface area contributed by atoms with E-state index in [0.29, 0.717) is 0 Å². The molecule has 0 radical (unpaired) electrons. The Kier molecular flexibility index (Phi) is 5.36. The van der Waals surface area contributed by atoms with Crippen LogP contribution in [0.3, 0.4) is 0 Å². The highest BCUT2D eigenvalue weighted by Gasteiger charge is 2.26. The van der Waals surface area contributed by atoms with Gasteiger partial charge in [0.15, 0.2) is 0 Å². The number of halogens is 1. The molecule has 2 aromatic rings. The van der Waals surface area contributed by atoms with Gasteiger partial charge in [-0.1, -0.05) is 24.3 Å². The number of rotatable bonds is 5. The number of nitrogens with one attached hydrogen (secondary N) is 2. The number of hydrogen-bond donors (Lipinski definition) is 2. The first-order valence-electron chi connectivity index (χ1n) is 8.11. The van der Waals surface area contributed by atoms with Crippen LogP contribution in [0.2, 0.25) is 0 Å². The molecule has 1 heterocycles. The van der Waals surface area contributed by atoms with Gasteiger partial charge in [-0.25, -0.2) is 22.3 Å². The van der Waals surface area contributed by atoms with E-state index in [9.17, 15) is 17.6 Å². The van der Waals surface area contributed by atoms with Crippen molar-refractivity contribution in [1.29, 1.82) is 0 Å². The van der Waals surface area contributed by atoms with E-state index >= 15 is 0 Å². The quantitative estimate of drug-likeness (QED) is 0.775. The highest BCUT2D eigenvalue weighted by molar-refractivity contribution is 7.89. The molecule has 1 unspecified atom stereocenters. The van der Waals surface area contributed by atoms with E-state index in [0.717, 1.165) is 43.8 Å². The number of esters is 1. The molecule has 2 N–H and O–H groups in total. The fourth-order valence-corrected chi connectivity index (χ4v) is 4.27. The van der Waals surface area contributed by atoms with Crippen molar-refractivity contribution in [3.05, 3.63) is 65.0 Å². The Labute approximate surface area is 151 Å². The SMILES string of the molecule is COC(=O)c1cc(F)ccc1S(=O)(=O)NCC1NCCc2ccccc21. The lowest BCUT2D eigenvalue weighted by Crippen LogP contribution is -2.39. The van der Waals surface area contributed by atoms with E-state index in [4.69, 9.17) is 0 Å². The first-order valence-corrected chi connectivity index (χ1v) is 9.59. The number of sulfonamides is 1.